The Labute approximate surface area is 204 Å². The first-order valence-electron chi connectivity index (χ1n) is 12.5. The van der Waals surface area contributed by atoms with Crippen LogP contribution in [0.1, 0.15) is 75.1 Å². The number of carbonyl (C=O) groups excluding carboxylic acids is 2. The van der Waals surface area contributed by atoms with Crippen LogP contribution in [0.25, 0.3) is 0 Å². The number of rotatable bonds is 16. The quantitative estimate of drug-likeness (QED) is 0.302. The van der Waals surface area contributed by atoms with Crippen LogP contribution in [-0.4, -0.2) is 58.4 Å². The molecule has 0 saturated carbocycles. The highest BCUT2D eigenvalue weighted by molar-refractivity contribution is 5.97. The number of aromatic amines is 1. The van der Waals surface area contributed by atoms with Crippen LogP contribution >= 0.6 is 0 Å². The third-order valence-corrected chi connectivity index (χ3v) is 5.49. The Hall–Kier alpha value is -2.71. The number of hydrogen-bond donors (Lipinski definition) is 4. The van der Waals surface area contributed by atoms with Crippen molar-refractivity contribution in [2.24, 2.45) is 0 Å². The van der Waals surface area contributed by atoms with E-state index >= 15 is 0 Å². The van der Waals surface area contributed by atoms with E-state index in [0.717, 1.165) is 50.3 Å². The Kier molecular flexibility index (Phi) is 12.3. The van der Waals surface area contributed by atoms with Crippen molar-refractivity contribution in [1.29, 1.82) is 0 Å². The van der Waals surface area contributed by atoms with Gasteiger partial charge in [-0.15, -0.1) is 0 Å². The molecule has 0 aliphatic carbocycles. The summed E-state index contributed by atoms with van der Waals surface area (Å²) in [7, 11) is 0. The summed E-state index contributed by atoms with van der Waals surface area (Å²) < 4.78 is 0. The predicted molar refractivity (Wildman–Crippen MR) is 136 cm³/mol. The lowest BCUT2D eigenvalue weighted by atomic mass is 10.1. The van der Waals surface area contributed by atoms with Gasteiger partial charge in [0.15, 0.2) is 0 Å². The molecule has 0 aliphatic heterocycles. The first kappa shape index (κ1) is 27.5. The largest absolute Gasteiger partial charge is 0.352 e. The maximum Gasteiger partial charge on any atom is 0.251 e. The molecule has 2 aromatic rings. The van der Waals surface area contributed by atoms with Gasteiger partial charge in [-0.3, -0.25) is 9.59 Å². The molecule has 0 bridgehead atoms. The lowest BCUT2D eigenvalue weighted by Gasteiger charge is -2.23. The monoisotopic (exact) mass is 470 g/mol. The summed E-state index contributed by atoms with van der Waals surface area (Å²) in [5, 5.41) is 9.23. The summed E-state index contributed by atoms with van der Waals surface area (Å²) in [5.41, 5.74) is 1.62. The summed E-state index contributed by atoms with van der Waals surface area (Å²) in [5.74, 6) is 0.534. The van der Waals surface area contributed by atoms with Crippen molar-refractivity contribution in [3.8, 4) is 0 Å². The minimum Gasteiger partial charge on any atom is -0.352 e. The first-order chi connectivity index (χ1) is 16.4. The molecule has 0 aliphatic rings. The van der Waals surface area contributed by atoms with Gasteiger partial charge in [-0.2, -0.15) is 0 Å². The Balaban J connectivity index is 1.91. The smallest absolute Gasteiger partial charge is 0.251 e. The van der Waals surface area contributed by atoms with E-state index in [4.69, 9.17) is 0 Å². The van der Waals surface area contributed by atoms with Gasteiger partial charge in [0.2, 0.25) is 5.91 Å². The molecule has 1 aromatic heterocycles. The molecule has 0 spiro atoms. The Bertz CT molecular complexity index is 829. The number of nitrogens with one attached hydrogen (secondary N) is 4. The number of hydrogen-bond acceptors (Lipinski definition) is 5. The molecule has 1 atom stereocenters. The highest BCUT2D eigenvalue weighted by Gasteiger charge is 2.22. The fourth-order valence-electron chi connectivity index (χ4n) is 3.88. The number of imidazole rings is 1. The molecule has 0 unspecified atom stereocenters. The number of benzene rings is 1. The number of H-pyrrole nitrogens is 1. The highest BCUT2D eigenvalue weighted by atomic mass is 16.2. The van der Waals surface area contributed by atoms with E-state index in [1.54, 1.807) is 24.5 Å². The minimum absolute atomic E-state index is 0.0246. The molecule has 188 valence electrons. The fourth-order valence-corrected chi connectivity index (χ4v) is 3.88. The summed E-state index contributed by atoms with van der Waals surface area (Å²) in [4.78, 5) is 35.3. The molecule has 1 aromatic carbocycles. The van der Waals surface area contributed by atoms with E-state index in [-0.39, 0.29) is 17.9 Å². The van der Waals surface area contributed by atoms with Crippen molar-refractivity contribution in [1.82, 2.24) is 30.8 Å². The molecule has 34 heavy (non-hydrogen) atoms. The highest BCUT2D eigenvalue weighted by Crippen LogP contribution is 2.08. The number of aromatic nitrogens is 2. The number of nitrogens with zero attached hydrogens (tertiary/aromatic N) is 2. The van der Waals surface area contributed by atoms with Crippen LogP contribution < -0.4 is 16.0 Å². The zero-order valence-electron chi connectivity index (χ0n) is 21.2. The maximum atomic E-state index is 12.9. The Morgan fingerprint density at radius 2 is 1.71 bits per heavy atom. The molecular formula is C26H42N6O2. The topological polar surface area (TPSA) is 102 Å². The lowest BCUT2D eigenvalue weighted by molar-refractivity contribution is -0.123. The van der Waals surface area contributed by atoms with E-state index < -0.39 is 6.04 Å². The van der Waals surface area contributed by atoms with Crippen molar-refractivity contribution < 1.29 is 9.59 Å². The van der Waals surface area contributed by atoms with Crippen molar-refractivity contribution in [3.63, 3.8) is 0 Å². The van der Waals surface area contributed by atoms with E-state index in [9.17, 15) is 9.59 Å². The molecule has 0 saturated heterocycles. The SMILES string of the molecule is CCCN(CCC)CCC[C@H](NC(=O)c1ccc(CNCc2ncc[nH]2)cc1)C(=O)NC(C)C. The van der Waals surface area contributed by atoms with Crippen LogP contribution in [0.5, 0.6) is 0 Å². The van der Waals surface area contributed by atoms with Crippen LogP contribution in [0.15, 0.2) is 36.7 Å². The summed E-state index contributed by atoms with van der Waals surface area (Å²) in [6.07, 6.45) is 7.22. The second-order valence-electron chi connectivity index (χ2n) is 9.01. The molecular weight excluding hydrogens is 428 g/mol. The van der Waals surface area contributed by atoms with Gasteiger partial charge in [-0.05, 0) is 76.9 Å². The summed E-state index contributed by atoms with van der Waals surface area (Å²) in [6, 6.07) is 6.95. The Morgan fingerprint density at radius 1 is 1.00 bits per heavy atom. The van der Waals surface area contributed by atoms with Gasteiger partial charge < -0.3 is 25.8 Å². The van der Waals surface area contributed by atoms with Gasteiger partial charge in [0.05, 0.1) is 6.54 Å². The van der Waals surface area contributed by atoms with Crippen molar-refractivity contribution >= 4 is 11.8 Å². The molecule has 2 rings (SSSR count). The molecule has 8 nitrogen and oxygen atoms in total. The van der Waals surface area contributed by atoms with Crippen molar-refractivity contribution in [2.75, 3.05) is 19.6 Å². The predicted octanol–water partition coefficient (Wildman–Crippen LogP) is 3.22. The van der Waals surface area contributed by atoms with Gasteiger partial charge in [-0.25, -0.2) is 4.98 Å². The third-order valence-electron chi connectivity index (χ3n) is 5.49. The maximum absolute atomic E-state index is 12.9. The second kappa shape index (κ2) is 15.2. The van der Waals surface area contributed by atoms with Crippen molar-refractivity contribution in [2.45, 2.75) is 78.6 Å². The zero-order chi connectivity index (χ0) is 24.8. The Morgan fingerprint density at radius 3 is 2.29 bits per heavy atom. The zero-order valence-corrected chi connectivity index (χ0v) is 21.2. The van der Waals surface area contributed by atoms with Crippen molar-refractivity contribution in [3.05, 3.63) is 53.6 Å². The third kappa shape index (κ3) is 10.1. The molecule has 0 radical (unpaired) electrons. The number of carbonyl (C=O) groups is 2. The molecule has 0 fully saturated rings. The summed E-state index contributed by atoms with van der Waals surface area (Å²) in [6.45, 7) is 12.6. The van der Waals surface area contributed by atoms with E-state index in [1.165, 1.54) is 0 Å². The van der Waals surface area contributed by atoms with E-state index in [0.29, 0.717) is 25.1 Å². The molecule has 8 heteroatoms. The van der Waals surface area contributed by atoms with E-state index in [1.807, 2.05) is 26.0 Å². The molecule has 1 heterocycles. The van der Waals surface area contributed by atoms with Crippen LogP contribution in [0.3, 0.4) is 0 Å². The van der Waals surface area contributed by atoms with Crippen LogP contribution in [0.4, 0.5) is 0 Å². The standard InChI is InChI=1S/C26H42N6O2/c1-5-15-32(16-6-2)17-7-8-23(26(34)30-20(3)4)31-25(33)22-11-9-21(10-12-22)18-27-19-24-28-13-14-29-24/h9-14,20,23,27H,5-8,15-19H2,1-4H3,(H,28,29)(H,30,34)(H,31,33)/t23-/m0/s1. The summed E-state index contributed by atoms with van der Waals surface area (Å²) >= 11 is 0. The fraction of sp³-hybridized carbons (Fsp3) is 0.577. The average molecular weight is 471 g/mol. The number of amides is 2. The van der Waals surface area contributed by atoms with Crippen LogP contribution in [0.2, 0.25) is 0 Å². The molecule has 4 N–H and O–H groups in total. The van der Waals surface area contributed by atoms with Gasteiger partial charge in [0.25, 0.3) is 5.91 Å². The first-order valence-corrected chi connectivity index (χ1v) is 12.5. The molecule has 2 amide bonds. The normalized spacial score (nSPS) is 12.2. The van der Waals surface area contributed by atoms with Gasteiger partial charge in [-0.1, -0.05) is 26.0 Å². The van der Waals surface area contributed by atoms with E-state index in [2.05, 4.69) is 44.7 Å². The van der Waals surface area contributed by atoms with Crippen LogP contribution in [-0.2, 0) is 17.9 Å². The van der Waals surface area contributed by atoms with Crippen LogP contribution in [0, 0.1) is 0 Å². The minimum atomic E-state index is -0.547. The van der Waals surface area contributed by atoms with Gasteiger partial charge in [0.1, 0.15) is 11.9 Å². The lowest BCUT2D eigenvalue weighted by Crippen LogP contribution is -2.48. The average Bonchev–Trinajstić information content (AvgIpc) is 3.32. The van der Waals surface area contributed by atoms with Gasteiger partial charge in [0, 0.05) is 30.5 Å². The second-order valence-corrected chi connectivity index (χ2v) is 9.01. The van der Waals surface area contributed by atoms with Gasteiger partial charge >= 0.3 is 0 Å².